The molecule has 1 heterocycles. The van der Waals surface area contributed by atoms with Gasteiger partial charge >= 0.3 is 0 Å². The molecular weight excluding hydrogens is 262 g/mol. The first-order valence-corrected chi connectivity index (χ1v) is 6.87. The summed E-state index contributed by atoms with van der Waals surface area (Å²) < 4.78 is 0. The Kier molecular flexibility index (Phi) is 4.32. The van der Waals surface area contributed by atoms with Crippen molar-refractivity contribution in [2.45, 2.75) is 18.9 Å². The number of halogens is 1. The van der Waals surface area contributed by atoms with Crippen molar-refractivity contribution in [1.29, 1.82) is 0 Å². The van der Waals surface area contributed by atoms with E-state index in [0.29, 0.717) is 22.3 Å². The van der Waals surface area contributed by atoms with Gasteiger partial charge in [-0.1, -0.05) is 11.6 Å². The van der Waals surface area contributed by atoms with Crippen LogP contribution in [0.25, 0.3) is 0 Å². The van der Waals surface area contributed by atoms with E-state index in [0.717, 1.165) is 25.9 Å². The first-order valence-electron chi connectivity index (χ1n) is 6.49. The molecule has 19 heavy (non-hydrogen) atoms. The molecule has 2 rings (SSSR count). The lowest BCUT2D eigenvalue weighted by molar-refractivity contribution is 0.0659. The van der Waals surface area contributed by atoms with Gasteiger partial charge in [-0.05, 0) is 51.2 Å². The molecule has 1 aromatic rings. The number of carbonyl (C=O) groups is 1. The molecule has 1 saturated heterocycles. The lowest BCUT2D eigenvalue weighted by atomic mass is 10.0. The van der Waals surface area contributed by atoms with Gasteiger partial charge in [0.2, 0.25) is 0 Å². The van der Waals surface area contributed by atoms with Gasteiger partial charge in [0.15, 0.2) is 0 Å². The van der Waals surface area contributed by atoms with E-state index >= 15 is 0 Å². The van der Waals surface area contributed by atoms with Gasteiger partial charge in [-0.25, -0.2) is 0 Å². The van der Waals surface area contributed by atoms with Gasteiger partial charge in [0.25, 0.3) is 5.91 Å². The maximum absolute atomic E-state index is 12.4. The van der Waals surface area contributed by atoms with Crippen LogP contribution in [0.3, 0.4) is 0 Å². The molecule has 2 N–H and O–H groups in total. The number of hydrogen-bond donors (Lipinski definition) is 1. The summed E-state index contributed by atoms with van der Waals surface area (Å²) >= 11 is 5.95. The molecule has 0 spiro atoms. The van der Waals surface area contributed by atoms with Crippen LogP contribution in [0, 0.1) is 0 Å². The topological polar surface area (TPSA) is 49.6 Å². The van der Waals surface area contributed by atoms with Crippen molar-refractivity contribution in [3.8, 4) is 0 Å². The van der Waals surface area contributed by atoms with Gasteiger partial charge in [0.1, 0.15) is 0 Å². The summed E-state index contributed by atoms with van der Waals surface area (Å²) in [6, 6.07) is 5.29. The molecule has 1 aromatic carbocycles. The van der Waals surface area contributed by atoms with Crippen LogP contribution in [-0.2, 0) is 0 Å². The van der Waals surface area contributed by atoms with Crippen LogP contribution >= 0.6 is 11.6 Å². The minimum absolute atomic E-state index is 0.0104. The fourth-order valence-electron chi connectivity index (χ4n) is 2.49. The van der Waals surface area contributed by atoms with Gasteiger partial charge in [-0.15, -0.1) is 0 Å². The zero-order valence-electron chi connectivity index (χ0n) is 11.4. The van der Waals surface area contributed by atoms with Crippen LogP contribution < -0.4 is 5.73 Å². The minimum Gasteiger partial charge on any atom is -0.399 e. The zero-order chi connectivity index (χ0) is 14.0. The molecule has 0 aliphatic carbocycles. The SMILES string of the molecule is CN1CCC(N(C)C(=O)c2cc(N)cc(Cl)c2)CC1. The van der Waals surface area contributed by atoms with E-state index in [-0.39, 0.29) is 5.91 Å². The highest BCUT2D eigenvalue weighted by Crippen LogP contribution is 2.21. The molecule has 0 atom stereocenters. The van der Waals surface area contributed by atoms with Crippen LogP contribution in [0.2, 0.25) is 5.02 Å². The Labute approximate surface area is 119 Å². The number of hydrogen-bond acceptors (Lipinski definition) is 3. The summed E-state index contributed by atoms with van der Waals surface area (Å²) in [6.45, 7) is 2.06. The van der Waals surface area contributed by atoms with Crippen LogP contribution in [0.1, 0.15) is 23.2 Å². The number of piperidine rings is 1. The van der Waals surface area contributed by atoms with Crippen LogP contribution in [0.15, 0.2) is 18.2 Å². The molecule has 1 fully saturated rings. The standard InChI is InChI=1S/C14H20ClN3O/c1-17-5-3-13(4-6-17)18(2)14(19)10-7-11(15)9-12(16)8-10/h7-9,13H,3-6,16H2,1-2H3. The monoisotopic (exact) mass is 281 g/mol. The molecule has 104 valence electrons. The van der Waals surface area contributed by atoms with Crippen molar-refractivity contribution in [3.63, 3.8) is 0 Å². The average molecular weight is 282 g/mol. The quantitative estimate of drug-likeness (QED) is 0.845. The largest absolute Gasteiger partial charge is 0.399 e. The maximum atomic E-state index is 12.4. The summed E-state index contributed by atoms with van der Waals surface area (Å²) in [5.74, 6) is -0.0104. The molecule has 1 amide bonds. The second-order valence-electron chi connectivity index (χ2n) is 5.22. The third kappa shape index (κ3) is 3.39. The van der Waals surface area contributed by atoms with Gasteiger partial charge in [0.05, 0.1) is 0 Å². The van der Waals surface area contributed by atoms with E-state index in [1.807, 2.05) is 11.9 Å². The first kappa shape index (κ1) is 14.2. The van der Waals surface area contributed by atoms with Crippen LogP contribution in [0.4, 0.5) is 5.69 Å². The number of nitrogens with zero attached hydrogens (tertiary/aromatic N) is 2. The van der Waals surface area contributed by atoms with Crippen molar-refractivity contribution in [2.24, 2.45) is 0 Å². The Morgan fingerprint density at radius 2 is 2.00 bits per heavy atom. The van der Waals surface area contributed by atoms with Gasteiger partial charge in [-0.3, -0.25) is 4.79 Å². The Hall–Kier alpha value is -1.26. The second-order valence-corrected chi connectivity index (χ2v) is 5.66. The maximum Gasteiger partial charge on any atom is 0.253 e. The summed E-state index contributed by atoms with van der Waals surface area (Å²) in [6.07, 6.45) is 2.02. The van der Waals surface area contributed by atoms with Crippen molar-refractivity contribution in [2.75, 3.05) is 32.9 Å². The number of benzene rings is 1. The van der Waals surface area contributed by atoms with E-state index in [1.165, 1.54) is 0 Å². The number of anilines is 1. The van der Waals surface area contributed by atoms with E-state index in [4.69, 9.17) is 17.3 Å². The Balaban J connectivity index is 2.10. The fourth-order valence-corrected chi connectivity index (χ4v) is 2.73. The molecule has 5 heteroatoms. The third-order valence-electron chi connectivity index (χ3n) is 3.72. The van der Waals surface area contributed by atoms with Crippen LogP contribution in [-0.4, -0.2) is 48.9 Å². The summed E-state index contributed by atoms with van der Waals surface area (Å²) in [4.78, 5) is 16.5. The third-order valence-corrected chi connectivity index (χ3v) is 3.94. The normalized spacial score (nSPS) is 17.4. The number of rotatable bonds is 2. The number of amides is 1. The zero-order valence-corrected chi connectivity index (χ0v) is 12.2. The van der Waals surface area contributed by atoms with Crippen molar-refractivity contribution < 1.29 is 4.79 Å². The number of nitrogen functional groups attached to an aromatic ring is 1. The average Bonchev–Trinajstić information content (AvgIpc) is 2.37. The minimum atomic E-state index is -0.0104. The number of likely N-dealkylation sites (tertiary alicyclic amines) is 1. The van der Waals surface area contributed by atoms with Crippen molar-refractivity contribution >= 4 is 23.2 Å². The molecule has 0 saturated carbocycles. The Morgan fingerprint density at radius 3 is 2.58 bits per heavy atom. The highest BCUT2D eigenvalue weighted by atomic mass is 35.5. The fraction of sp³-hybridized carbons (Fsp3) is 0.500. The molecule has 0 bridgehead atoms. The van der Waals surface area contributed by atoms with Crippen molar-refractivity contribution in [1.82, 2.24) is 9.80 Å². The van der Waals surface area contributed by atoms with E-state index in [9.17, 15) is 4.79 Å². The molecule has 1 aliphatic heterocycles. The van der Waals surface area contributed by atoms with E-state index in [1.54, 1.807) is 18.2 Å². The lowest BCUT2D eigenvalue weighted by Crippen LogP contribution is -2.44. The predicted octanol–water partition coefficient (Wildman–Crippen LogP) is 2.09. The summed E-state index contributed by atoms with van der Waals surface area (Å²) in [7, 11) is 3.96. The predicted molar refractivity (Wildman–Crippen MR) is 78.5 cm³/mol. The van der Waals surface area contributed by atoms with Crippen molar-refractivity contribution in [3.05, 3.63) is 28.8 Å². The Bertz CT molecular complexity index is 450. The highest BCUT2D eigenvalue weighted by Gasteiger charge is 2.24. The van der Waals surface area contributed by atoms with E-state index < -0.39 is 0 Å². The smallest absolute Gasteiger partial charge is 0.253 e. The number of carbonyl (C=O) groups excluding carboxylic acids is 1. The van der Waals surface area contributed by atoms with E-state index in [2.05, 4.69) is 11.9 Å². The van der Waals surface area contributed by atoms with Gasteiger partial charge < -0.3 is 15.5 Å². The molecule has 0 aromatic heterocycles. The molecular formula is C14H20ClN3O. The number of nitrogens with two attached hydrogens (primary N) is 1. The lowest BCUT2D eigenvalue weighted by Gasteiger charge is -2.35. The first-order chi connectivity index (χ1) is 8.97. The van der Waals surface area contributed by atoms with Gasteiger partial charge in [0, 0.05) is 29.4 Å². The van der Waals surface area contributed by atoms with Crippen LogP contribution in [0.5, 0.6) is 0 Å². The second kappa shape index (κ2) is 5.80. The van der Waals surface area contributed by atoms with Gasteiger partial charge in [-0.2, -0.15) is 0 Å². The Morgan fingerprint density at radius 1 is 1.37 bits per heavy atom. The molecule has 0 unspecified atom stereocenters. The summed E-state index contributed by atoms with van der Waals surface area (Å²) in [5.41, 5.74) is 6.81. The molecule has 0 radical (unpaired) electrons. The molecule has 1 aliphatic rings. The highest BCUT2D eigenvalue weighted by molar-refractivity contribution is 6.31. The molecule has 4 nitrogen and oxygen atoms in total. The summed E-state index contributed by atoms with van der Waals surface area (Å²) in [5, 5.41) is 0.500.